The van der Waals surface area contributed by atoms with Gasteiger partial charge in [-0.1, -0.05) is 64.7 Å². The third-order valence-electron chi connectivity index (χ3n) is 4.78. The smallest absolute Gasteiger partial charge is 0.387 e. The number of hydrogen-bond acceptors (Lipinski definition) is 10. The summed E-state index contributed by atoms with van der Waals surface area (Å²) in [4.78, 5) is 12.0. The molecule has 0 aromatic heterocycles. The Bertz CT molecular complexity index is 750. The fraction of sp³-hybridized carbons (Fsp3) is 0.944. The summed E-state index contributed by atoms with van der Waals surface area (Å²) < 4.78 is 68.1. The van der Waals surface area contributed by atoms with E-state index in [0.717, 1.165) is 25.7 Å². The van der Waals surface area contributed by atoms with E-state index in [1.54, 1.807) is 0 Å². The second kappa shape index (κ2) is 19.2. The van der Waals surface area contributed by atoms with Crippen molar-refractivity contribution in [1.82, 2.24) is 5.32 Å². The SMILES string of the molecule is CCCCCCCCCCCCNC(=O)C(O)C(O)C(O)C(COS(=O)(=O)O)OS(=O)(=O)O.[Na+]. The van der Waals surface area contributed by atoms with Gasteiger partial charge in [0.25, 0.3) is 5.91 Å². The molecule has 0 aromatic rings. The maximum Gasteiger partial charge on any atom is 1.00 e. The van der Waals surface area contributed by atoms with Crippen molar-refractivity contribution in [2.45, 2.75) is 95.5 Å². The molecule has 0 spiro atoms. The molecule has 4 unspecified atom stereocenters. The van der Waals surface area contributed by atoms with E-state index in [4.69, 9.17) is 9.11 Å². The molecule has 6 N–H and O–H groups in total. The third kappa shape index (κ3) is 19.3. The second-order valence-electron chi connectivity index (χ2n) is 7.67. The van der Waals surface area contributed by atoms with Crippen LogP contribution in [-0.4, -0.2) is 84.7 Å². The molecule has 0 aromatic carbocycles. The maximum absolute atomic E-state index is 12.0. The Morgan fingerprint density at radius 1 is 0.794 bits per heavy atom. The Morgan fingerprint density at radius 3 is 1.71 bits per heavy atom. The van der Waals surface area contributed by atoms with Crippen LogP contribution in [0.4, 0.5) is 0 Å². The van der Waals surface area contributed by atoms with Crippen LogP contribution in [0.1, 0.15) is 71.1 Å². The Balaban J connectivity index is 0. The van der Waals surface area contributed by atoms with Crippen molar-refractivity contribution in [3.05, 3.63) is 0 Å². The van der Waals surface area contributed by atoms with Gasteiger partial charge in [-0.3, -0.25) is 13.9 Å². The van der Waals surface area contributed by atoms with E-state index in [0.29, 0.717) is 6.42 Å². The van der Waals surface area contributed by atoms with Crippen molar-refractivity contribution in [3.63, 3.8) is 0 Å². The summed E-state index contributed by atoms with van der Waals surface area (Å²) in [6.45, 7) is 0.994. The van der Waals surface area contributed by atoms with Crippen molar-refractivity contribution in [1.29, 1.82) is 0 Å². The molecule has 0 fully saturated rings. The van der Waals surface area contributed by atoms with Gasteiger partial charge in [-0.15, -0.1) is 0 Å². The van der Waals surface area contributed by atoms with E-state index in [-0.39, 0.29) is 36.1 Å². The molecule has 0 bridgehead atoms. The minimum absolute atomic E-state index is 0. The van der Waals surface area contributed by atoms with Gasteiger partial charge in [-0.25, -0.2) is 8.37 Å². The van der Waals surface area contributed by atoms with Crippen molar-refractivity contribution in [3.8, 4) is 0 Å². The number of aliphatic hydroxyl groups excluding tert-OH is 3. The summed E-state index contributed by atoms with van der Waals surface area (Å²) in [5.41, 5.74) is 0. The number of rotatable bonds is 20. The fourth-order valence-corrected chi connectivity index (χ4v) is 3.77. The zero-order valence-electron chi connectivity index (χ0n) is 19.7. The Hall–Kier alpha value is 0.0900. The summed E-state index contributed by atoms with van der Waals surface area (Å²) >= 11 is 0. The van der Waals surface area contributed by atoms with Crippen molar-refractivity contribution in [2.75, 3.05) is 13.2 Å². The van der Waals surface area contributed by atoms with E-state index >= 15 is 0 Å². The summed E-state index contributed by atoms with van der Waals surface area (Å²) in [6.07, 6.45) is 1.55. The summed E-state index contributed by atoms with van der Waals surface area (Å²) in [5.74, 6) is -1.07. The first kappa shape index (κ1) is 36.2. The molecular weight excluding hydrogens is 509 g/mol. The van der Waals surface area contributed by atoms with E-state index in [9.17, 15) is 36.9 Å². The molecule has 1 amide bonds. The summed E-state index contributed by atoms with van der Waals surface area (Å²) in [7, 11) is -10.3. The molecule has 16 heteroatoms. The van der Waals surface area contributed by atoms with Crippen LogP contribution in [0.5, 0.6) is 0 Å². The zero-order chi connectivity index (χ0) is 25.5. The first-order valence-electron chi connectivity index (χ1n) is 10.9. The van der Waals surface area contributed by atoms with Gasteiger partial charge in [-0.2, -0.15) is 16.8 Å². The van der Waals surface area contributed by atoms with Crippen molar-refractivity contribution in [2.24, 2.45) is 0 Å². The number of carbonyl (C=O) groups is 1. The van der Waals surface area contributed by atoms with Crippen molar-refractivity contribution < 1.29 is 84.0 Å². The number of unbranched alkanes of at least 4 members (excludes halogenated alkanes) is 9. The first-order valence-corrected chi connectivity index (χ1v) is 13.6. The monoisotopic (exact) mass is 546 g/mol. The fourth-order valence-electron chi connectivity index (χ4n) is 2.98. The Labute approximate surface area is 223 Å². The molecule has 0 aliphatic rings. The molecular formula is C18H37NNaO12S2+. The average Bonchev–Trinajstić information content (AvgIpc) is 2.71. The Morgan fingerprint density at radius 2 is 1.26 bits per heavy atom. The van der Waals surface area contributed by atoms with Crippen LogP contribution in [0.2, 0.25) is 0 Å². The molecule has 4 atom stereocenters. The van der Waals surface area contributed by atoms with Gasteiger partial charge in [0.1, 0.15) is 18.3 Å². The number of carbonyl (C=O) groups excluding carboxylic acids is 1. The molecule has 0 aliphatic carbocycles. The predicted octanol–water partition coefficient (Wildman–Crippen LogP) is -2.88. The standard InChI is InChI=1S/C18H37NO12S2.Na/c1-2-3-4-5-6-7-8-9-10-11-12-19-18(23)17(22)16(21)15(20)14(31-33(27,28)29)13-30-32(24,25)26;/h14-17,20-22H,2-13H2,1H3,(H,19,23)(H,24,25,26)(H,27,28,29);/q;+1. The number of nitrogens with one attached hydrogen (secondary N) is 1. The zero-order valence-corrected chi connectivity index (χ0v) is 23.3. The molecule has 0 rings (SSSR count). The average molecular weight is 547 g/mol. The molecule has 0 saturated carbocycles. The molecule has 0 radical (unpaired) electrons. The largest absolute Gasteiger partial charge is 1.00 e. The van der Waals surface area contributed by atoms with Gasteiger partial charge in [0.2, 0.25) is 0 Å². The van der Waals surface area contributed by atoms with Crippen LogP contribution in [0.15, 0.2) is 0 Å². The molecule has 198 valence electrons. The van der Waals surface area contributed by atoms with Crippen LogP contribution >= 0.6 is 0 Å². The Kier molecular flexibility index (Phi) is 20.5. The molecule has 13 nitrogen and oxygen atoms in total. The minimum atomic E-state index is -5.26. The van der Waals surface area contributed by atoms with Crippen LogP contribution in [0, 0.1) is 0 Å². The van der Waals surface area contributed by atoms with Gasteiger partial charge in [0, 0.05) is 6.54 Å². The van der Waals surface area contributed by atoms with Gasteiger partial charge in [0.05, 0.1) is 6.61 Å². The quantitative estimate of drug-likeness (QED) is 0.0515. The van der Waals surface area contributed by atoms with Gasteiger partial charge >= 0.3 is 50.4 Å². The van der Waals surface area contributed by atoms with Crippen LogP contribution in [0.3, 0.4) is 0 Å². The minimum Gasteiger partial charge on any atom is -0.387 e. The van der Waals surface area contributed by atoms with E-state index in [1.807, 2.05) is 0 Å². The van der Waals surface area contributed by atoms with E-state index in [2.05, 4.69) is 20.6 Å². The second-order valence-corrected chi connectivity index (χ2v) is 9.81. The molecule has 34 heavy (non-hydrogen) atoms. The van der Waals surface area contributed by atoms with Gasteiger partial charge in [-0.05, 0) is 6.42 Å². The van der Waals surface area contributed by atoms with E-state index in [1.165, 1.54) is 32.1 Å². The number of hydrogen-bond donors (Lipinski definition) is 6. The van der Waals surface area contributed by atoms with Crippen LogP contribution in [-0.2, 0) is 34.0 Å². The number of aliphatic hydroxyl groups is 3. The maximum atomic E-state index is 12.0. The van der Waals surface area contributed by atoms with Crippen LogP contribution in [0.25, 0.3) is 0 Å². The van der Waals surface area contributed by atoms with Gasteiger partial charge in [0.15, 0.2) is 6.10 Å². The summed E-state index contributed by atoms with van der Waals surface area (Å²) in [5, 5.41) is 32.2. The normalized spacial score (nSPS) is 15.7. The molecule has 0 saturated heterocycles. The van der Waals surface area contributed by atoms with Crippen molar-refractivity contribution >= 4 is 26.7 Å². The predicted molar refractivity (Wildman–Crippen MR) is 117 cm³/mol. The topological polar surface area (TPSA) is 217 Å². The van der Waals surface area contributed by atoms with Crippen LogP contribution < -0.4 is 34.9 Å². The van der Waals surface area contributed by atoms with Gasteiger partial charge < -0.3 is 20.6 Å². The summed E-state index contributed by atoms with van der Waals surface area (Å²) in [6, 6.07) is 0. The molecule has 0 heterocycles. The molecule has 0 aliphatic heterocycles. The first-order chi connectivity index (χ1) is 15.3. The number of amides is 1. The third-order valence-corrected chi connectivity index (χ3v) is 5.70. The van der Waals surface area contributed by atoms with E-state index < -0.39 is 57.7 Å².